The molecule has 1 aromatic carbocycles. The van der Waals surface area contributed by atoms with Crippen molar-refractivity contribution in [3.8, 4) is 5.75 Å². The van der Waals surface area contributed by atoms with Gasteiger partial charge in [0.2, 0.25) is 11.8 Å². The smallest absolute Gasteiger partial charge is 0.244 e. The Labute approximate surface area is 148 Å². The minimum Gasteiger partial charge on any atom is -0.497 e. The largest absolute Gasteiger partial charge is 0.497 e. The van der Waals surface area contributed by atoms with Crippen molar-refractivity contribution in [1.29, 1.82) is 0 Å². The van der Waals surface area contributed by atoms with Gasteiger partial charge in [-0.15, -0.1) is 0 Å². The molecule has 0 aliphatic carbocycles. The molecule has 0 atom stereocenters. The summed E-state index contributed by atoms with van der Waals surface area (Å²) in [6, 6.07) is 7.36. The lowest BCUT2D eigenvalue weighted by Crippen LogP contribution is -2.43. The van der Waals surface area contributed by atoms with Gasteiger partial charge in [0.05, 0.1) is 26.9 Å². The highest BCUT2D eigenvalue weighted by atomic mass is 16.5. The highest BCUT2D eigenvalue weighted by molar-refractivity contribution is 5.94. The van der Waals surface area contributed by atoms with E-state index in [1.165, 1.54) is 6.08 Å². The summed E-state index contributed by atoms with van der Waals surface area (Å²) in [5, 5.41) is 5.36. The second-order valence-electron chi connectivity index (χ2n) is 5.63. The van der Waals surface area contributed by atoms with E-state index in [0.29, 0.717) is 6.54 Å². The molecular formula is C18H25N3O4. The molecule has 0 radical (unpaired) electrons. The van der Waals surface area contributed by atoms with Gasteiger partial charge in [-0.2, -0.15) is 0 Å². The highest BCUT2D eigenvalue weighted by Gasteiger charge is 2.10. The van der Waals surface area contributed by atoms with E-state index < -0.39 is 0 Å². The predicted molar refractivity (Wildman–Crippen MR) is 95.3 cm³/mol. The molecule has 2 rings (SSSR count). The van der Waals surface area contributed by atoms with Crippen molar-refractivity contribution < 1.29 is 19.1 Å². The summed E-state index contributed by atoms with van der Waals surface area (Å²) in [4.78, 5) is 25.7. The molecule has 7 heteroatoms. The molecule has 2 N–H and O–H groups in total. The molecule has 0 bridgehead atoms. The van der Waals surface area contributed by atoms with E-state index in [2.05, 4.69) is 15.5 Å². The minimum atomic E-state index is -0.314. The average molecular weight is 347 g/mol. The Morgan fingerprint density at radius 2 is 2.08 bits per heavy atom. The summed E-state index contributed by atoms with van der Waals surface area (Å²) in [6.07, 6.45) is 3.07. The number of carbonyl (C=O) groups is 2. The Hall–Kier alpha value is -2.38. The molecule has 1 aliphatic heterocycles. The molecule has 25 heavy (non-hydrogen) atoms. The summed E-state index contributed by atoms with van der Waals surface area (Å²) < 4.78 is 10.4. The number of rotatable bonds is 8. The van der Waals surface area contributed by atoms with E-state index in [0.717, 1.165) is 44.2 Å². The Morgan fingerprint density at radius 1 is 1.28 bits per heavy atom. The van der Waals surface area contributed by atoms with Crippen LogP contribution in [0.5, 0.6) is 5.75 Å². The number of hydrogen-bond donors (Lipinski definition) is 2. The fraction of sp³-hybridized carbons (Fsp3) is 0.444. The number of benzene rings is 1. The molecule has 1 heterocycles. The summed E-state index contributed by atoms with van der Waals surface area (Å²) >= 11 is 0. The first-order chi connectivity index (χ1) is 12.2. The lowest BCUT2D eigenvalue weighted by atomic mass is 10.2. The van der Waals surface area contributed by atoms with E-state index >= 15 is 0 Å². The maximum atomic E-state index is 11.8. The van der Waals surface area contributed by atoms with E-state index in [-0.39, 0.29) is 18.4 Å². The van der Waals surface area contributed by atoms with Gasteiger partial charge >= 0.3 is 0 Å². The molecule has 0 saturated carbocycles. The van der Waals surface area contributed by atoms with Gasteiger partial charge in [0.1, 0.15) is 5.75 Å². The van der Waals surface area contributed by atoms with Gasteiger partial charge in [-0.05, 0) is 23.8 Å². The quantitative estimate of drug-likeness (QED) is 0.660. The number of nitrogens with zero attached hydrogens (tertiary/aromatic N) is 1. The molecule has 2 amide bonds. The van der Waals surface area contributed by atoms with Crippen LogP contribution >= 0.6 is 0 Å². The van der Waals surface area contributed by atoms with Gasteiger partial charge < -0.3 is 20.1 Å². The van der Waals surface area contributed by atoms with Crippen LogP contribution in [-0.4, -0.2) is 69.8 Å². The van der Waals surface area contributed by atoms with Crippen LogP contribution in [0.4, 0.5) is 0 Å². The molecular weight excluding hydrogens is 322 g/mol. The second-order valence-corrected chi connectivity index (χ2v) is 5.63. The van der Waals surface area contributed by atoms with Crippen LogP contribution in [0.15, 0.2) is 30.3 Å². The first kappa shape index (κ1) is 19.0. The van der Waals surface area contributed by atoms with Crippen LogP contribution in [0, 0.1) is 0 Å². The summed E-state index contributed by atoms with van der Waals surface area (Å²) in [6.45, 7) is 4.58. The monoisotopic (exact) mass is 347 g/mol. The number of morpholine rings is 1. The van der Waals surface area contributed by atoms with Crippen molar-refractivity contribution in [2.75, 3.05) is 53.0 Å². The minimum absolute atomic E-state index is 0.0373. The second kappa shape index (κ2) is 10.5. The van der Waals surface area contributed by atoms with Crippen LogP contribution in [-0.2, 0) is 14.3 Å². The molecule has 1 aromatic rings. The van der Waals surface area contributed by atoms with Crippen LogP contribution in [0.2, 0.25) is 0 Å². The van der Waals surface area contributed by atoms with E-state index in [4.69, 9.17) is 9.47 Å². The van der Waals surface area contributed by atoms with Gasteiger partial charge in [-0.3, -0.25) is 14.5 Å². The van der Waals surface area contributed by atoms with Crippen LogP contribution in [0.3, 0.4) is 0 Å². The molecule has 0 aromatic heterocycles. The maximum Gasteiger partial charge on any atom is 0.244 e. The molecule has 7 nitrogen and oxygen atoms in total. The first-order valence-corrected chi connectivity index (χ1v) is 8.34. The molecule has 136 valence electrons. The molecule has 1 aliphatic rings. The van der Waals surface area contributed by atoms with Crippen LogP contribution in [0.25, 0.3) is 6.08 Å². The fourth-order valence-electron chi connectivity index (χ4n) is 2.38. The summed E-state index contributed by atoms with van der Waals surface area (Å²) in [5.41, 5.74) is 0.851. The van der Waals surface area contributed by atoms with Gasteiger partial charge in [0, 0.05) is 32.3 Å². The number of hydrogen-bond acceptors (Lipinski definition) is 5. The third kappa shape index (κ3) is 7.36. The van der Waals surface area contributed by atoms with Gasteiger partial charge in [0.25, 0.3) is 0 Å². The van der Waals surface area contributed by atoms with Crippen molar-refractivity contribution in [3.05, 3.63) is 35.9 Å². The van der Waals surface area contributed by atoms with Gasteiger partial charge in [-0.25, -0.2) is 0 Å². The van der Waals surface area contributed by atoms with Crippen molar-refractivity contribution in [3.63, 3.8) is 0 Å². The maximum absolute atomic E-state index is 11.8. The Morgan fingerprint density at radius 3 is 2.84 bits per heavy atom. The molecule has 0 unspecified atom stereocenters. The third-order valence-electron chi connectivity index (χ3n) is 3.80. The standard InChI is InChI=1S/C18H25N3O4/c1-24-16-4-2-3-15(13-16)5-6-17(22)20-14-18(23)19-7-8-21-9-11-25-12-10-21/h2-6,13H,7-12,14H2,1H3,(H,19,23)(H,20,22). The number of nitrogens with one attached hydrogen (secondary N) is 2. The zero-order chi connectivity index (χ0) is 17.9. The average Bonchev–Trinajstić information content (AvgIpc) is 2.65. The van der Waals surface area contributed by atoms with Gasteiger partial charge in [-0.1, -0.05) is 12.1 Å². The topological polar surface area (TPSA) is 79.9 Å². The van der Waals surface area contributed by atoms with Gasteiger partial charge in [0.15, 0.2) is 0 Å². The van der Waals surface area contributed by atoms with Crippen molar-refractivity contribution in [1.82, 2.24) is 15.5 Å². The fourth-order valence-corrected chi connectivity index (χ4v) is 2.38. The number of methoxy groups -OCH3 is 1. The third-order valence-corrected chi connectivity index (χ3v) is 3.80. The zero-order valence-corrected chi connectivity index (χ0v) is 14.5. The summed E-state index contributed by atoms with van der Waals surface area (Å²) in [7, 11) is 1.59. The zero-order valence-electron chi connectivity index (χ0n) is 14.5. The lowest BCUT2D eigenvalue weighted by molar-refractivity contribution is -0.124. The van der Waals surface area contributed by atoms with E-state index in [1.54, 1.807) is 13.2 Å². The van der Waals surface area contributed by atoms with Crippen LogP contribution < -0.4 is 15.4 Å². The van der Waals surface area contributed by atoms with Crippen molar-refractivity contribution >= 4 is 17.9 Å². The van der Waals surface area contributed by atoms with E-state index in [9.17, 15) is 9.59 Å². The van der Waals surface area contributed by atoms with Crippen molar-refractivity contribution in [2.24, 2.45) is 0 Å². The predicted octanol–water partition coefficient (Wildman–Crippen LogP) is 0.273. The summed E-state index contributed by atoms with van der Waals surface area (Å²) in [5.74, 6) is 0.213. The van der Waals surface area contributed by atoms with E-state index in [1.807, 2.05) is 24.3 Å². The molecule has 0 spiro atoms. The van der Waals surface area contributed by atoms with Crippen molar-refractivity contribution in [2.45, 2.75) is 0 Å². The first-order valence-electron chi connectivity index (χ1n) is 8.34. The number of amides is 2. The van der Waals surface area contributed by atoms with Crippen LogP contribution in [0.1, 0.15) is 5.56 Å². The number of ether oxygens (including phenoxy) is 2. The Balaban J connectivity index is 1.63. The SMILES string of the molecule is COc1cccc(C=CC(=O)NCC(=O)NCCN2CCOCC2)c1. The molecule has 1 saturated heterocycles. The lowest BCUT2D eigenvalue weighted by Gasteiger charge is -2.26. The molecule has 1 fully saturated rings. The number of carbonyl (C=O) groups excluding carboxylic acids is 2. The normalized spacial score (nSPS) is 15.1. The highest BCUT2D eigenvalue weighted by Crippen LogP contribution is 2.13. The Bertz CT molecular complexity index is 598. The Kier molecular flexibility index (Phi) is 7.94.